The van der Waals surface area contributed by atoms with Crippen molar-refractivity contribution in [1.82, 2.24) is 9.88 Å². The summed E-state index contributed by atoms with van der Waals surface area (Å²) in [6, 6.07) is 4.13. The summed E-state index contributed by atoms with van der Waals surface area (Å²) in [5, 5.41) is 0. The van der Waals surface area contributed by atoms with Gasteiger partial charge in [-0.15, -0.1) is 0 Å². The van der Waals surface area contributed by atoms with Crippen LogP contribution in [0.4, 0.5) is 0 Å². The average molecular weight is 299 g/mol. The third-order valence-electron chi connectivity index (χ3n) is 3.04. The van der Waals surface area contributed by atoms with Crippen LogP contribution >= 0.6 is 15.9 Å². The summed E-state index contributed by atoms with van der Waals surface area (Å²) < 4.78 is 6.73. The first-order valence-corrected chi connectivity index (χ1v) is 7.01. The number of halogens is 1. The smallest absolute Gasteiger partial charge is 0.0702 e. The minimum absolute atomic E-state index is 0.407. The van der Waals surface area contributed by atoms with Gasteiger partial charge in [0.2, 0.25) is 0 Å². The van der Waals surface area contributed by atoms with Crippen molar-refractivity contribution in [2.45, 2.75) is 32.4 Å². The van der Waals surface area contributed by atoms with Gasteiger partial charge in [0.15, 0.2) is 0 Å². The lowest BCUT2D eigenvalue weighted by molar-refractivity contribution is 0.00331. The van der Waals surface area contributed by atoms with Gasteiger partial charge in [-0.1, -0.05) is 0 Å². The molecular weight excluding hydrogens is 280 g/mol. The highest BCUT2D eigenvalue weighted by molar-refractivity contribution is 9.10. The van der Waals surface area contributed by atoms with Crippen LogP contribution in [-0.2, 0) is 11.3 Å². The Morgan fingerprint density at radius 3 is 3.12 bits per heavy atom. The molecule has 1 aromatic heterocycles. The molecule has 2 rings (SSSR count). The first-order chi connectivity index (χ1) is 8.28. The molecular formula is C13H19BrN2O. The molecule has 1 atom stereocenters. The zero-order valence-corrected chi connectivity index (χ0v) is 11.8. The number of aromatic nitrogens is 1. The van der Waals surface area contributed by atoms with Gasteiger partial charge in [0.1, 0.15) is 0 Å². The topological polar surface area (TPSA) is 25.4 Å². The molecule has 1 aliphatic heterocycles. The van der Waals surface area contributed by atoms with Crippen LogP contribution in [0.3, 0.4) is 0 Å². The molecule has 1 aromatic rings. The van der Waals surface area contributed by atoms with E-state index in [1.807, 2.05) is 12.3 Å². The van der Waals surface area contributed by atoms with Gasteiger partial charge < -0.3 is 4.74 Å². The Labute approximate surface area is 111 Å². The molecule has 1 aliphatic rings. The van der Waals surface area contributed by atoms with Crippen molar-refractivity contribution >= 4 is 15.9 Å². The second kappa shape index (κ2) is 6.47. The van der Waals surface area contributed by atoms with Gasteiger partial charge in [-0.25, -0.2) is 0 Å². The van der Waals surface area contributed by atoms with Crippen molar-refractivity contribution in [3.8, 4) is 0 Å². The molecule has 94 valence electrons. The van der Waals surface area contributed by atoms with E-state index in [4.69, 9.17) is 4.74 Å². The molecule has 1 saturated heterocycles. The third-order valence-corrected chi connectivity index (χ3v) is 3.51. The predicted molar refractivity (Wildman–Crippen MR) is 71.9 cm³/mol. The molecule has 0 radical (unpaired) electrons. The Hall–Kier alpha value is -0.450. The molecule has 2 heterocycles. The first-order valence-electron chi connectivity index (χ1n) is 6.22. The number of pyridine rings is 1. The van der Waals surface area contributed by atoms with Gasteiger partial charge in [0.05, 0.1) is 11.8 Å². The fourth-order valence-corrected chi connectivity index (χ4v) is 2.49. The van der Waals surface area contributed by atoms with Crippen LogP contribution in [0.25, 0.3) is 0 Å². The fourth-order valence-electron chi connectivity index (χ4n) is 2.26. The molecule has 0 N–H and O–H groups in total. The highest BCUT2D eigenvalue weighted by Gasteiger charge is 2.20. The van der Waals surface area contributed by atoms with Gasteiger partial charge in [-0.3, -0.25) is 9.88 Å². The van der Waals surface area contributed by atoms with Gasteiger partial charge in [-0.05, 0) is 54.4 Å². The molecule has 1 unspecified atom stereocenters. The second-order valence-electron chi connectivity index (χ2n) is 4.42. The zero-order valence-electron chi connectivity index (χ0n) is 10.2. The Morgan fingerprint density at radius 2 is 2.41 bits per heavy atom. The quantitative estimate of drug-likeness (QED) is 0.855. The number of nitrogens with zero attached hydrogens (tertiary/aromatic N) is 2. The van der Waals surface area contributed by atoms with Crippen molar-refractivity contribution in [3.63, 3.8) is 0 Å². The largest absolute Gasteiger partial charge is 0.377 e. The van der Waals surface area contributed by atoms with Crippen molar-refractivity contribution in [3.05, 3.63) is 28.5 Å². The molecule has 0 aliphatic carbocycles. The minimum Gasteiger partial charge on any atom is -0.377 e. The summed E-state index contributed by atoms with van der Waals surface area (Å²) >= 11 is 3.40. The summed E-state index contributed by atoms with van der Waals surface area (Å²) in [6.45, 7) is 5.99. The van der Waals surface area contributed by atoms with E-state index >= 15 is 0 Å². The van der Waals surface area contributed by atoms with Crippen LogP contribution in [0.2, 0.25) is 0 Å². The van der Waals surface area contributed by atoms with Crippen molar-refractivity contribution < 1.29 is 4.74 Å². The van der Waals surface area contributed by atoms with Crippen molar-refractivity contribution in [2.24, 2.45) is 0 Å². The van der Waals surface area contributed by atoms with Crippen LogP contribution < -0.4 is 0 Å². The fraction of sp³-hybridized carbons (Fsp3) is 0.615. The Balaban J connectivity index is 1.87. The number of hydrogen-bond donors (Lipinski definition) is 0. The van der Waals surface area contributed by atoms with E-state index in [1.165, 1.54) is 12.8 Å². The summed E-state index contributed by atoms with van der Waals surface area (Å²) in [6.07, 6.45) is 4.68. The highest BCUT2D eigenvalue weighted by Crippen LogP contribution is 2.16. The number of ether oxygens (including phenoxy) is 1. The van der Waals surface area contributed by atoms with Crippen LogP contribution in [0.15, 0.2) is 22.8 Å². The van der Waals surface area contributed by atoms with Gasteiger partial charge in [0.25, 0.3) is 0 Å². The van der Waals surface area contributed by atoms with E-state index in [0.29, 0.717) is 6.10 Å². The van der Waals surface area contributed by atoms with Crippen LogP contribution in [0, 0.1) is 0 Å². The lowest BCUT2D eigenvalue weighted by atomic mass is 10.1. The Bertz CT molecular complexity index is 340. The second-order valence-corrected chi connectivity index (χ2v) is 5.34. The van der Waals surface area contributed by atoms with Gasteiger partial charge >= 0.3 is 0 Å². The van der Waals surface area contributed by atoms with Crippen molar-refractivity contribution in [2.75, 3.05) is 19.7 Å². The van der Waals surface area contributed by atoms with Gasteiger partial charge in [0, 0.05) is 30.4 Å². The Morgan fingerprint density at radius 1 is 1.53 bits per heavy atom. The SMILES string of the molecule is CCOC1CCCN(Cc2ccc(Br)cn2)C1. The summed E-state index contributed by atoms with van der Waals surface area (Å²) in [5.41, 5.74) is 1.13. The highest BCUT2D eigenvalue weighted by atomic mass is 79.9. The molecule has 0 bridgehead atoms. The van der Waals surface area contributed by atoms with E-state index in [0.717, 1.165) is 36.4 Å². The van der Waals surface area contributed by atoms with Gasteiger partial charge in [-0.2, -0.15) is 0 Å². The summed E-state index contributed by atoms with van der Waals surface area (Å²) in [4.78, 5) is 6.84. The number of piperidine rings is 1. The third kappa shape index (κ3) is 4.05. The molecule has 0 aromatic carbocycles. The predicted octanol–water partition coefficient (Wildman–Crippen LogP) is 2.85. The van der Waals surface area contributed by atoms with Crippen LogP contribution in [0.5, 0.6) is 0 Å². The van der Waals surface area contributed by atoms with Crippen LogP contribution in [-0.4, -0.2) is 35.7 Å². The Kier molecular flexibility index (Phi) is 4.95. The number of likely N-dealkylation sites (tertiary alicyclic amines) is 1. The first kappa shape index (κ1) is 13.0. The molecule has 0 spiro atoms. The average Bonchev–Trinajstić information content (AvgIpc) is 2.33. The molecule has 17 heavy (non-hydrogen) atoms. The molecule has 1 fully saturated rings. The molecule has 4 heteroatoms. The molecule has 3 nitrogen and oxygen atoms in total. The minimum atomic E-state index is 0.407. The zero-order chi connectivity index (χ0) is 12.1. The van der Waals surface area contributed by atoms with Crippen molar-refractivity contribution in [1.29, 1.82) is 0 Å². The van der Waals surface area contributed by atoms with E-state index in [9.17, 15) is 0 Å². The molecule has 0 saturated carbocycles. The lowest BCUT2D eigenvalue weighted by Crippen LogP contribution is -2.39. The van der Waals surface area contributed by atoms with E-state index in [-0.39, 0.29) is 0 Å². The normalized spacial score (nSPS) is 21.6. The maximum Gasteiger partial charge on any atom is 0.0702 e. The maximum atomic E-state index is 5.70. The maximum absolute atomic E-state index is 5.70. The molecule has 0 amide bonds. The number of rotatable bonds is 4. The summed E-state index contributed by atoms with van der Waals surface area (Å²) in [5.74, 6) is 0. The summed E-state index contributed by atoms with van der Waals surface area (Å²) in [7, 11) is 0. The van der Waals surface area contributed by atoms with Crippen LogP contribution in [0.1, 0.15) is 25.5 Å². The standard InChI is InChI=1S/C13H19BrN2O/c1-2-17-13-4-3-7-16(10-13)9-12-6-5-11(14)8-15-12/h5-6,8,13H,2-4,7,9-10H2,1H3. The van der Waals surface area contributed by atoms with E-state index < -0.39 is 0 Å². The monoisotopic (exact) mass is 298 g/mol. The van der Waals surface area contributed by atoms with E-state index in [2.05, 4.69) is 38.8 Å². The van der Waals surface area contributed by atoms with E-state index in [1.54, 1.807) is 0 Å². The number of hydrogen-bond acceptors (Lipinski definition) is 3. The lowest BCUT2D eigenvalue weighted by Gasteiger charge is -2.32.